The lowest BCUT2D eigenvalue weighted by atomic mass is 9.81. The van der Waals surface area contributed by atoms with Crippen molar-refractivity contribution in [2.24, 2.45) is 17.6 Å². The standard InChI is InChI=1S/C13H18F3N3O/c14-13(15,16)9-3-1-2-8(6-9)12-18-11(19-20-12)10(17)7-4-5-7/h7-10H,1-6,17H2. The number of nitrogens with zero attached hydrogens (tertiary/aromatic N) is 2. The molecular formula is C13H18F3N3O. The molecule has 2 saturated carbocycles. The van der Waals surface area contributed by atoms with Crippen LogP contribution in [0.4, 0.5) is 13.2 Å². The SMILES string of the molecule is NC(c1noc(C2CCCC(C(F)(F)F)C2)n1)C1CC1. The van der Waals surface area contributed by atoms with Crippen LogP contribution in [-0.2, 0) is 0 Å². The second-order valence-electron chi connectivity index (χ2n) is 5.96. The number of nitrogens with two attached hydrogens (primary N) is 1. The maximum absolute atomic E-state index is 12.8. The van der Waals surface area contributed by atoms with E-state index >= 15 is 0 Å². The normalized spacial score (nSPS) is 29.4. The molecule has 1 aromatic heterocycles. The molecule has 0 radical (unpaired) electrons. The summed E-state index contributed by atoms with van der Waals surface area (Å²) in [6, 6.07) is -0.241. The minimum Gasteiger partial charge on any atom is -0.339 e. The lowest BCUT2D eigenvalue weighted by molar-refractivity contribution is -0.183. The van der Waals surface area contributed by atoms with Crippen molar-refractivity contribution in [3.63, 3.8) is 0 Å². The van der Waals surface area contributed by atoms with Gasteiger partial charge in [0.15, 0.2) is 5.82 Å². The summed E-state index contributed by atoms with van der Waals surface area (Å²) in [6.45, 7) is 0. The van der Waals surface area contributed by atoms with Gasteiger partial charge in [-0.15, -0.1) is 0 Å². The quantitative estimate of drug-likeness (QED) is 0.927. The molecule has 3 rings (SSSR count). The molecule has 2 N–H and O–H groups in total. The number of hydrogen-bond donors (Lipinski definition) is 1. The van der Waals surface area contributed by atoms with Crippen molar-refractivity contribution in [2.75, 3.05) is 0 Å². The second kappa shape index (κ2) is 5.02. The maximum atomic E-state index is 12.8. The second-order valence-corrected chi connectivity index (χ2v) is 5.96. The number of aromatic nitrogens is 2. The van der Waals surface area contributed by atoms with Crippen LogP contribution >= 0.6 is 0 Å². The van der Waals surface area contributed by atoms with E-state index < -0.39 is 12.1 Å². The first-order valence-corrected chi connectivity index (χ1v) is 7.11. The molecule has 3 unspecified atom stereocenters. The fourth-order valence-electron chi connectivity index (χ4n) is 2.93. The van der Waals surface area contributed by atoms with E-state index in [2.05, 4.69) is 10.1 Å². The van der Waals surface area contributed by atoms with Gasteiger partial charge in [0.1, 0.15) is 0 Å². The van der Waals surface area contributed by atoms with Gasteiger partial charge < -0.3 is 10.3 Å². The number of alkyl halides is 3. The van der Waals surface area contributed by atoms with Crippen molar-refractivity contribution in [1.29, 1.82) is 0 Å². The lowest BCUT2D eigenvalue weighted by Gasteiger charge is -2.28. The molecule has 0 aliphatic heterocycles. The van der Waals surface area contributed by atoms with Crippen LogP contribution in [0.1, 0.15) is 62.2 Å². The molecule has 0 amide bonds. The number of halogens is 3. The van der Waals surface area contributed by atoms with Crippen LogP contribution in [0.25, 0.3) is 0 Å². The zero-order valence-electron chi connectivity index (χ0n) is 11.1. The largest absolute Gasteiger partial charge is 0.391 e. The first-order valence-electron chi connectivity index (χ1n) is 7.11. The Morgan fingerprint density at radius 1 is 1.20 bits per heavy atom. The molecule has 0 spiro atoms. The summed E-state index contributed by atoms with van der Waals surface area (Å²) in [7, 11) is 0. The number of rotatable bonds is 3. The van der Waals surface area contributed by atoms with Crippen molar-refractivity contribution in [3.8, 4) is 0 Å². The van der Waals surface area contributed by atoms with Crippen LogP contribution in [-0.4, -0.2) is 16.3 Å². The van der Waals surface area contributed by atoms with E-state index in [4.69, 9.17) is 10.3 Å². The molecule has 2 fully saturated rings. The van der Waals surface area contributed by atoms with Crippen LogP contribution in [0.2, 0.25) is 0 Å². The summed E-state index contributed by atoms with van der Waals surface area (Å²) in [5.74, 6) is -0.381. The average Bonchev–Trinajstić information content (AvgIpc) is 3.14. The monoisotopic (exact) mass is 289 g/mol. The Balaban J connectivity index is 1.69. The van der Waals surface area contributed by atoms with E-state index in [1.54, 1.807) is 0 Å². The van der Waals surface area contributed by atoms with E-state index in [1.165, 1.54) is 0 Å². The summed E-state index contributed by atoms with van der Waals surface area (Å²) >= 11 is 0. The topological polar surface area (TPSA) is 64.9 Å². The minimum absolute atomic E-state index is 0.0454. The first kappa shape index (κ1) is 13.9. The van der Waals surface area contributed by atoms with Crippen molar-refractivity contribution in [1.82, 2.24) is 10.1 Å². The molecule has 20 heavy (non-hydrogen) atoms. The predicted molar refractivity (Wildman–Crippen MR) is 64.7 cm³/mol. The lowest BCUT2D eigenvalue weighted by Crippen LogP contribution is -2.28. The van der Waals surface area contributed by atoms with Crippen LogP contribution in [0.3, 0.4) is 0 Å². The zero-order chi connectivity index (χ0) is 14.3. The Bertz CT molecular complexity index is 470. The Hall–Kier alpha value is -1.11. The average molecular weight is 289 g/mol. The van der Waals surface area contributed by atoms with Gasteiger partial charge in [-0.1, -0.05) is 11.6 Å². The van der Waals surface area contributed by atoms with Crippen molar-refractivity contribution in [3.05, 3.63) is 11.7 Å². The third-order valence-electron chi connectivity index (χ3n) is 4.37. The van der Waals surface area contributed by atoms with Gasteiger partial charge in [0.05, 0.1) is 12.0 Å². The van der Waals surface area contributed by atoms with E-state index in [0.717, 1.165) is 12.8 Å². The predicted octanol–water partition coefficient (Wildman–Crippen LogP) is 3.32. The highest BCUT2D eigenvalue weighted by Crippen LogP contribution is 2.44. The molecule has 1 heterocycles. The van der Waals surface area contributed by atoms with E-state index in [-0.39, 0.29) is 24.8 Å². The maximum Gasteiger partial charge on any atom is 0.391 e. The Morgan fingerprint density at radius 2 is 1.95 bits per heavy atom. The van der Waals surface area contributed by atoms with Gasteiger partial charge in [-0.25, -0.2) is 0 Å². The van der Waals surface area contributed by atoms with Crippen molar-refractivity contribution >= 4 is 0 Å². The number of hydrogen-bond acceptors (Lipinski definition) is 4. The third kappa shape index (κ3) is 2.82. The van der Waals surface area contributed by atoms with Crippen LogP contribution in [0.15, 0.2) is 4.52 Å². The first-order chi connectivity index (χ1) is 9.45. The smallest absolute Gasteiger partial charge is 0.339 e. The van der Waals surface area contributed by atoms with Gasteiger partial charge in [0, 0.05) is 5.92 Å². The molecule has 4 nitrogen and oxygen atoms in total. The van der Waals surface area contributed by atoms with Crippen molar-refractivity contribution < 1.29 is 17.7 Å². The fraction of sp³-hybridized carbons (Fsp3) is 0.846. The summed E-state index contributed by atoms with van der Waals surface area (Å²) in [5, 5.41) is 3.85. The van der Waals surface area contributed by atoms with Crippen LogP contribution < -0.4 is 5.73 Å². The minimum atomic E-state index is -4.13. The highest BCUT2D eigenvalue weighted by atomic mass is 19.4. The van der Waals surface area contributed by atoms with E-state index in [0.29, 0.717) is 30.5 Å². The van der Waals surface area contributed by atoms with Gasteiger partial charge in [0.25, 0.3) is 0 Å². The Morgan fingerprint density at radius 3 is 2.60 bits per heavy atom. The molecule has 0 bridgehead atoms. The zero-order valence-corrected chi connectivity index (χ0v) is 11.1. The molecule has 1 aromatic rings. The van der Waals surface area contributed by atoms with Gasteiger partial charge >= 0.3 is 6.18 Å². The van der Waals surface area contributed by atoms with Gasteiger partial charge in [0.2, 0.25) is 5.89 Å². The summed E-state index contributed by atoms with van der Waals surface area (Å²) in [6.07, 6.45) is -0.554. The highest BCUT2D eigenvalue weighted by Gasteiger charge is 2.43. The molecule has 3 atom stereocenters. The Labute approximate surface area is 114 Å². The summed E-state index contributed by atoms with van der Waals surface area (Å²) < 4.78 is 43.5. The molecule has 7 heteroatoms. The molecule has 0 saturated heterocycles. The summed E-state index contributed by atoms with van der Waals surface area (Å²) in [4.78, 5) is 4.24. The highest BCUT2D eigenvalue weighted by molar-refractivity contribution is 5.03. The van der Waals surface area contributed by atoms with Gasteiger partial charge in [-0.2, -0.15) is 18.2 Å². The molecule has 0 aromatic carbocycles. The van der Waals surface area contributed by atoms with Gasteiger partial charge in [-0.3, -0.25) is 0 Å². The fourth-order valence-corrected chi connectivity index (χ4v) is 2.93. The molecule has 112 valence electrons. The van der Waals surface area contributed by atoms with Crippen molar-refractivity contribution in [2.45, 2.75) is 56.7 Å². The summed E-state index contributed by atoms with van der Waals surface area (Å²) in [5.41, 5.74) is 5.97. The molecular weight excluding hydrogens is 271 g/mol. The van der Waals surface area contributed by atoms with Gasteiger partial charge in [-0.05, 0) is 38.0 Å². The third-order valence-corrected chi connectivity index (χ3v) is 4.37. The Kier molecular flexibility index (Phi) is 3.48. The van der Waals surface area contributed by atoms with Crippen LogP contribution in [0, 0.1) is 11.8 Å². The van der Waals surface area contributed by atoms with E-state index in [1.807, 2.05) is 0 Å². The van der Waals surface area contributed by atoms with Crippen LogP contribution in [0.5, 0.6) is 0 Å². The molecule has 2 aliphatic carbocycles. The molecule has 2 aliphatic rings. The van der Waals surface area contributed by atoms with E-state index in [9.17, 15) is 13.2 Å².